The Morgan fingerprint density at radius 2 is 2.13 bits per heavy atom. The molecule has 2 N–H and O–H groups in total. The van der Waals surface area contributed by atoms with Crippen LogP contribution in [0.2, 0.25) is 0 Å². The zero-order valence-electron chi connectivity index (χ0n) is 12.6. The summed E-state index contributed by atoms with van der Waals surface area (Å²) in [7, 11) is 0. The smallest absolute Gasteiger partial charge is 0.271 e. The van der Waals surface area contributed by atoms with Gasteiger partial charge in [-0.15, -0.1) is 12.4 Å². The van der Waals surface area contributed by atoms with Crippen LogP contribution in [-0.2, 0) is 0 Å². The molecule has 0 fully saturated rings. The fourth-order valence-corrected chi connectivity index (χ4v) is 1.87. The number of benzene rings is 1. The molecule has 0 aliphatic rings. The zero-order chi connectivity index (χ0) is 15.9. The lowest BCUT2D eigenvalue weighted by molar-refractivity contribution is -0.384. The highest BCUT2D eigenvalue weighted by atomic mass is 35.5. The molecule has 0 saturated carbocycles. The van der Waals surface area contributed by atoms with Crippen molar-refractivity contribution < 1.29 is 9.72 Å². The maximum absolute atomic E-state index is 11.9. The van der Waals surface area contributed by atoms with Crippen molar-refractivity contribution in [3.8, 4) is 5.69 Å². The lowest BCUT2D eigenvalue weighted by Crippen LogP contribution is -2.32. The van der Waals surface area contributed by atoms with Gasteiger partial charge in [-0.2, -0.15) is 5.10 Å². The molecule has 1 aromatic heterocycles. The first-order chi connectivity index (χ1) is 10.6. The summed E-state index contributed by atoms with van der Waals surface area (Å²) >= 11 is 0. The van der Waals surface area contributed by atoms with E-state index in [1.165, 1.54) is 16.8 Å². The Kier molecular flexibility index (Phi) is 7.17. The Morgan fingerprint density at radius 1 is 1.35 bits per heavy atom. The number of hydrogen-bond acceptors (Lipinski definition) is 5. The number of aromatic nitrogens is 2. The quantitative estimate of drug-likeness (QED) is 0.452. The summed E-state index contributed by atoms with van der Waals surface area (Å²) in [5.41, 5.74) is 0.772. The van der Waals surface area contributed by atoms with Crippen LogP contribution < -0.4 is 10.6 Å². The molecule has 0 aliphatic heterocycles. The number of nitrogens with one attached hydrogen (secondary N) is 2. The van der Waals surface area contributed by atoms with Gasteiger partial charge in [0.2, 0.25) is 0 Å². The first kappa shape index (κ1) is 18.6. The predicted molar refractivity (Wildman–Crippen MR) is 88.3 cm³/mol. The van der Waals surface area contributed by atoms with Gasteiger partial charge in [0.25, 0.3) is 11.6 Å². The molecule has 0 saturated heterocycles. The normalized spacial score (nSPS) is 9.96. The number of halogens is 1. The van der Waals surface area contributed by atoms with Crippen molar-refractivity contribution in [2.24, 2.45) is 0 Å². The Bertz CT molecular complexity index is 674. The molecular weight excluding hydrogens is 322 g/mol. The molecule has 1 heterocycles. The highest BCUT2D eigenvalue weighted by molar-refractivity contribution is 5.92. The molecule has 0 aliphatic carbocycles. The van der Waals surface area contributed by atoms with Crippen molar-refractivity contribution in [3.05, 3.63) is 52.3 Å². The second kappa shape index (κ2) is 8.86. The summed E-state index contributed by atoms with van der Waals surface area (Å²) in [6, 6.07) is 7.64. The van der Waals surface area contributed by atoms with Crippen LogP contribution in [0.25, 0.3) is 5.69 Å². The van der Waals surface area contributed by atoms with E-state index >= 15 is 0 Å². The summed E-state index contributed by atoms with van der Waals surface area (Å²) < 4.78 is 1.44. The van der Waals surface area contributed by atoms with Crippen molar-refractivity contribution in [2.45, 2.75) is 6.92 Å². The number of carbonyl (C=O) groups excluding carboxylic acids is 1. The van der Waals surface area contributed by atoms with Crippen LogP contribution in [0.3, 0.4) is 0 Å². The summed E-state index contributed by atoms with van der Waals surface area (Å²) in [5.74, 6) is -0.276. The Hall–Kier alpha value is -2.45. The first-order valence-electron chi connectivity index (χ1n) is 6.91. The van der Waals surface area contributed by atoms with E-state index in [4.69, 9.17) is 0 Å². The van der Waals surface area contributed by atoms with E-state index in [1.54, 1.807) is 24.4 Å². The third-order valence-electron chi connectivity index (χ3n) is 2.96. The van der Waals surface area contributed by atoms with E-state index < -0.39 is 4.92 Å². The van der Waals surface area contributed by atoms with Gasteiger partial charge in [-0.3, -0.25) is 14.9 Å². The number of hydrogen-bond donors (Lipinski definition) is 2. The number of likely N-dealkylation sites (N-methyl/N-ethyl adjacent to an activating group) is 1. The predicted octanol–water partition coefficient (Wildman–Crippen LogP) is 1.54. The average molecular weight is 340 g/mol. The Morgan fingerprint density at radius 3 is 2.83 bits per heavy atom. The summed E-state index contributed by atoms with van der Waals surface area (Å²) in [5, 5.41) is 20.8. The number of nitro groups is 1. The molecule has 2 aromatic rings. The van der Waals surface area contributed by atoms with Gasteiger partial charge in [0.15, 0.2) is 5.69 Å². The van der Waals surface area contributed by atoms with Gasteiger partial charge in [-0.25, -0.2) is 4.68 Å². The lowest BCUT2D eigenvalue weighted by atomic mass is 10.3. The van der Waals surface area contributed by atoms with Crippen molar-refractivity contribution >= 4 is 24.0 Å². The second-order valence-electron chi connectivity index (χ2n) is 4.53. The van der Waals surface area contributed by atoms with E-state index in [1.807, 2.05) is 6.92 Å². The van der Waals surface area contributed by atoms with Crippen LogP contribution in [0, 0.1) is 10.1 Å². The summed E-state index contributed by atoms with van der Waals surface area (Å²) in [4.78, 5) is 22.2. The van der Waals surface area contributed by atoms with Crippen LogP contribution in [0.5, 0.6) is 0 Å². The molecule has 124 valence electrons. The highest BCUT2D eigenvalue weighted by Crippen LogP contribution is 2.16. The maximum Gasteiger partial charge on any atom is 0.271 e. The second-order valence-corrected chi connectivity index (χ2v) is 4.53. The molecule has 0 bridgehead atoms. The molecule has 1 aromatic carbocycles. The molecular formula is C14H18ClN5O3. The van der Waals surface area contributed by atoms with Gasteiger partial charge < -0.3 is 10.6 Å². The van der Waals surface area contributed by atoms with Crippen LogP contribution in [0.4, 0.5) is 5.69 Å². The minimum atomic E-state index is -0.471. The van der Waals surface area contributed by atoms with E-state index in [9.17, 15) is 14.9 Å². The molecule has 2 rings (SSSR count). The number of nitrogens with zero attached hydrogens (tertiary/aromatic N) is 3. The minimum Gasteiger partial charge on any atom is -0.349 e. The molecule has 0 unspecified atom stereocenters. The van der Waals surface area contributed by atoms with Gasteiger partial charge in [0.05, 0.1) is 10.6 Å². The molecule has 1 amide bonds. The largest absolute Gasteiger partial charge is 0.349 e. The standard InChI is InChI=1S/C14H17N5O3.ClH/c1-2-15-7-8-16-14(20)13-6-9-18(17-13)11-4-3-5-12(10-11)19(21)22;/h3-6,9-10,15H,2,7-8H2,1H3,(H,16,20);1H. The number of nitro benzene ring substituents is 1. The van der Waals surface area contributed by atoms with Crippen LogP contribution in [0.1, 0.15) is 17.4 Å². The van der Waals surface area contributed by atoms with Gasteiger partial charge >= 0.3 is 0 Å². The monoisotopic (exact) mass is 339 g/mol. The average Bonchev–Trinajstić information content (AvgIpc) is 3.01. The molecule has 23 heavy (non-hydrogen) atoms. The third kappa shape index (κ3) is 5.04. The Labute approximate surface area is 139 Å². The summed E-state index contributed by atoms with van der Waals surface area (Å²) in [6.07, 6.45) is 1.60. The fourth-order valence-electron chi connectivity index (χ4n) is 1.87. The number of rotatable bonds is 7. The number of non-ortho nitro benzene ring substituents is 1. The van der Waals surface area contributed by atoms with Gasteiger partial charge in [0, 0.05) is 31.4 Å². The maximum atomic E-state index is 11.9. The van der Waals surface area contributed by atoms with Crippen molar-refractivity contribution in [1.82, 2.24) is 20.4 Å². The van der Waals surface area contributed by atoms with Crippen molar-refractivity contribution in [1.29, 1.82) is 0 Å². The SMILES string of the molecule is CCNCCNC(=O)c1ccn(-c2cccc([N+](=O)[O-])c2)n1.Cl. The number of carbonyl (C=O) groups is 1. The van der Waals surface area contributed by atoms with E-state index in [0.717, 1.165) is 6.54 Å². The topological polar surface area (TPSA) is 102 Å². The van der Waals surface area contributed by atoms with Gasteiger partial charge in [-0.05, 0) is 18.7 Å². The van der Waals surface area contributed by atoms with E-state index in [2.05, 4.69) is 15.7 Å². The third-order valence-corrected chi connectivity index (χ3v) is 2.96. The fraction of sp³-hybridized carbons (Fsp3) is 0.286. The molecule has 9 heteroatoms. The van der Waals surface area contributed by atoms with Crippen LogP contribution in [-0.4, -0.2) is 40.2 Å². The molecule has 0 atom stereocenters. The minimum absolute atomic E-state index is 0. The molecule has 8 nitrogen and oxygen atoms in total. The lowest BCUT2D eigenvalue weighted by Gasteiger charge is -2.03. The van der Waals surface area contributed by atoms with Gasteiger partial charge in [0.1, 0.15) is 0 Å². The van der Waals surface area contributed by atoms with Gasteiger partial charge in [-0.1, -0.05) is 13.0 Å². The van der Waals surface area contributed by atoms with E-state index in [-0.39, 0.29) is 29.7 Å². The first-order valence-corrected chi connectivity index (χ1v) is 6.91. The number of amides is 1. The van der Waals surface area contributed by atoms with Crippen LogP contribution in [0.15, 0.2) is 36.5 Å². The summed E-state index contributed by atoms with van der Waals surface area (Å²) in [6.45, 7) is 4.03. The molecule has 0 radical (unpaired) electrons. The Balaban J connectivity index is 0.00000264. The van der Waals surface area contributed by atoms with E-state index in [0.29, 0.717) is 18.8 Å². The van der Waals surface area contributed by atoms with Crippen molar-refractivity contribution in [2.75, 3.05) is 19.6 Å². The molecule has 0 spiro atoms. The van der Waals surface area contributed by atoms with Crippen molar-refractivity contribution in [3.63, 3.8) is 0 Å². The zero-order valence-corrected chi connectivity index (χ0v) is 13.4. The highest BCUT2D eigenvalue weighted by Gasteiger charge is 2.11. The van der Waals surface area contributed by atoms with Crippen LogP contribution >= 0.6 is 12.4 Å².